The number of amides is 1. The molecule has 3 rings (SSSR count). The first-order chi connectivity index (χ1) is 19.2. The molecule has 12 heteroatoms. The summed E-state index contributed by atoms with van der Waals surface area (Å²) >= 11 is 0. The third kappa shape index (κ3) is 8.67. The van der Waals surface area contributed by atoms with Gasteiger partial charge in [0.05, 0.1) is 18.3 Å². The third-order valence-electron chi connectivity index (χ3n) is 6.12. The van der Waals surface area contributed by atoms with Crippen LogP contribution in [0.15, 0.2) is 52.2 Å². The maximum atomic E-state index is 13.9. The van der Waals surface area contributed by atoms with E-state index in [0.717, 1.165) is 50.5 Å². The Balaban J connectivity index is 1.95. The third-order valence-corrected chi connectivity index (χ3v) is 6.12. The van der Waals surface area contributed by atoms with Crippen molar-refractivity contribution in [2.75, 3.05) is 18.0 Å². The van der Waals surface area contributed by atoms with Crippen LogP contribution in [-0.2, 0) is 6.42 Å². The van der Waals surface area contributed by atoms with Gasteiger partial charge in [0.1, 0.15) is 41.6 Å². The van der Waals surface area contributed by atoms with Crippen LogP contribution in [0.3, 0.4) is 0 Å². The number of nitrogens with zero attached hydrogens (tertiary/aromatic N) is 4. The minimum Gasteiger partial charge on any atom is -0.443 e. The molecule has 0 fully saturated rings. The lowest BCUT2D eigenvalue weighted by Gasteiger charge is -2.26. The zero-order valence-corrected chi connectivity index (χ0v) is 22.6. The van der Waals surface area contributed by atoms with Crippen LogP contribution in [0.4, 0.5) is 14.6 Å². The van der Waals surface area contributed by atoms with Crippen LogP contribution in [0.2, 0.25) is 0 Å². The Labute approximate surface area is 231 Å². The standard InChI is InChI=1S/C28H35F2N7O3/c1-3-8-37(9-4-2)26-15-19(14-23(35-26)28-33-7-10-40-28)27(39)36-22(24(38)5-6-25(32)34-17-31)13-18-11-20(29)16-21(30)12-18/h7,10-12,14-17,22,24,38H,3-6,8-9,13H2,1-2H3,(H,36,39)(H3,31,32,34). The number of oxazole rings is 1. The Morgan fingerprint density at radius 3 is 2.50 bits per heavy atom. The van der Waals surface area contributed by atoms with Crippen molar-refractivity contribution < 1.29 is 23.1 Å². The summed E-state index contributed by atoms with van der Waals surface area (Å²) in [6.45, 7) is 5.55. The van der Waals surface area contributed by atoms with E-state index in [-0.39, 0.29) is 42.1 Å². The zero-order chi connectivity index (χ0) is 29.1. The van der Waals surface area contributed by atoms with Crippen molar-refractivity contribution in [3.05, 3.63) is 65.6 Å². The van der Waals surface area contributed by atoms with Crippen LogP contribution in [-0.4, -0.2) is 58.4 Å². The van der Waals surface area contributed by atoms with E-state index in [0.29, 0.717) is 11.5 Å². The minimum absolute atomic E-state index is 0.0501. The van der Waals surface area contributed by atoms with E-state index < -0.39 is 29.7 Å². The van der Waals surface area contributed by atoms with Crippen molar-refractivity contribution in [1.82, 2.24) is 15.3 Å². The van der Waals surface area contributed by atoms with Crippen LogP contribution in [0, 0.1) is 17.0 Å². The summed E-state index contributed by atoms with van der Waals surface area (Å²) in [7, 11) is 0. The van der Waals surface area contributed by atoms with Gasteiger partial charge in [-0.15, -0.1) is 0 Å². The number of carbonyl (C=O) groups excluding carboxylic acids is 1. The van der Waals surface area contributed by atoms with Crippen molar-refractivity contribution in [2.45, 2.75) is 58.1 Å². The number of nitrogens with two attached hydrogens (primary N) is 1. The normalized spacial score (nSPS) is 13.1. The Morgan fingerprint density at radius 2 is 1.90 bits per heavy atom. The van der Waals surface area contributed by atoms with E-state index in [9.17, 15) is 18.7 Å². The number of aliphatic hydroxyl groups is 1. The Bertz CT molecular complexity index is 1270. The van der Waals surface area contributed by atoms with Gasteiger partial charge in [0.25, 0.3) is 5.91 Å². The number of anilines is 1. The molecule has 2 aromatic heterocycles. The highest BCUT2D eigenvalue weighted by molar-refractivity contribution is 5.96. The summed E-state index contributed by atoms with van der Waals surface area (Å²) < 4.78 is 33.2. The largest absolute Gasteiger partial charge is 0.443 e. The van der Waals surface area contributed by atoms with Gasteiger partial charge >= 0.3 is 0 Å². The molecule has 0 aliphatic carbocycles. The number of amidine groups is 1. The number of carbonyl (C=O) groups is 1. The predicted molar refractivity (Wildman–Crippen MR) is 149 cm³/mol. The van der Waals surface area contributed by atoms with E-state index in [2.05, 4.69) is 39.0 Å². The molecule has 1 aromatic carbocycles. The summed E-state index contributed by atoms with van der Waals surface area (Å²) in [6.07, 6.45) is 4.49. The number of pyridine rings is 1. The number of nitrogens with one attached hydrogen (secondary N) is 2. The molecule has 2 unspecified atom stereocenters. The lowest BCUT2D eigenvalue weighted by atomic mass is 9.97. The molecule has 0 bridgehead atoms. The fraction of sp³-hybridized carbons (Fsp3) is 0.393. The predicted octanol–water partition coefficient (Wildman–Crippen LogP) is 4.09. The number of aliphatic imine (C=N–C) groups is 1. The van der Waals surface area contributed by atoms with Gasteiger partial charge in [-0.2, -0.15) is 0 Å². The van der Waals surface area contributed by atoms with Gasteiger partial charge in [0, 0.05) is 31.1 Å². The summed E-state index contributed by atoms with van der Waals surface area (Å²) in [5.41, 5.74) is 6.63. The van der Waals surface area contributed by atoms with Crippen LogP contribution in [0.1, 0.15) is 55.5 Å². The quantitative estimate of drug-likeness (QED) is 0.163. The number of aliphatic hydroxyl groups excluding tert-OH is 1. The lowest BCUT2D eigenvalue weighted by molar-refractivity contribution is 0.0818. The first-order valence-corrected chi connectivity index (χ1v) is 13.2. The number of aromatic nitrogens is 2. The first-order valence-electron chi connectivity index (χ1n) is 13.2. The molecule has 40 heavy (non-hydrogen) atoms. The molecule has 214 valence electrons. The second-order valence-electron chi connectivity index (χ2n) is 9.34. The molecule has 1 amide bonds. The van der Waals surface area contributed by atoms with Crippen molar-refractivity contribution in [3.63, 3.8) is 0 Å². The van der Waals surface area contributed by atoms with Crippen molar-refractivity contribution in [2.24, 2.45) is 10.7 Å². The maximum absolute atomic E-state index is 13.9. The smallest absolute Gasteiger partial charge is 0.251 e. The molecule has 10 nitrogen and oxygen atoms in total. The lowest BCUT2D eigenvalue weighted by Crippen LogP contribution is -2.45. The number of rotatable bonds is 15. The van der Waals surface area contributed by atoms with Gasteiger partial charge in [0.15, 0.2) is 0 Å². The SMILES string of the molecule is CCCN(CCC)c1cc(C(=O)NC(Cc2cc(F)cc(F)c2)C(O)CCC(N)=NC=N)cc(-c2ncco2)n1. The van der Waals surface area contributed by atoms with Gasteiger partial charge in [-0.25, -0.2) is 23.7 Å². The van der Waals surface area contributed by atoms with E-state index >= 15 is 0 Å². The average molecular weight is 556 g/mol. The van der Waals surface area contributed by atoms with Gasteiger partial charge in [0.2, 0.25) is 5.89 Å². The molecular formula is C28H35F2N7O3. The van der Waals surface area contributed by atoms with Gasteiger partial charge in [-0.05, 0) is 55.5 Å². The number of benzene rings is 1. The molecular weight excluding hydrogens is 520 g/mol. The zero-order valence-electron chi connectivity index (χ0n) is 22.6. The Hall–Kier alpha value is -4.19. The molecule has 3 aromatic rings. The van der Waals surface area contributed by atoms with Gasteiger partial charge in [-0.1, -0.05) is 13.8 Å². The van der Waals surface area contributed by atoms with Crippen LogP contribution >= 0.6 is 0 Å². The highest BCUT2D eigenvalue weighted by Gasteiger charge is 2.25. The van der Waals surface area contributed by atoms with Crippen molar-refractivity contribution >= 4 is 23.9 Å². The number of hydrogen-bond acceptors (Lipinski definition) is 7. The second kappa shape index (κ2) is 14.8. The number of hydrogen-bond donors (Lipinski definition) is 4. The summed E-state index contributed by atoms with van der Waals surface area (Å²) in [5, 5.41) is 20.9. The molecule has 2 atom stereocenters. The van der Waals surface area contributed by atoms with Crippen molar-refractivity contribution in [1.29, 1.82) is 5.41 Å². The van der Waals surface area contributed by atoms with Crippen LogP contribution in [0.25, 0.3) is 11.6 Å². The summed E-state index contributed by atoms with van der Waals surface area (Å²) in [4.78, 5) is 28.2. The van der Waals surface area contributed by atoms with Gasteiger partial charge in [-0.3, -0.25) is 10.2 Å². The Morgan fingerprint density at radius 1 is 1.20 bits per heavy atom. The fourth-order valence-corrected chi connectivity index (χ4v) is 4.31. The van der Waals surface area contributed by atoms with Crippen LogP contribution in [0.5, 0.6) is 0 Å². The maximum Gasteiger partial charge on any atom is 0.251 e. The molecule has 5 N–H and O–H groups in total. The highest BCUT2D eigenvalue weighted by Crippen LogP contribution is 2.23. The van der Waals surface area contributed by atoms with Crippen molar-refractivity contribution in [3.8, 4) is 11.6 Å². The highest BCUT2D eigenvalue weighted by atomic mass is 19.1. The minimum atomic E-state index is -1.14. The molecule has 0 saturated heterocycles. The molecule has 0 saturated carbocycles. The van der Waals surface area contributed by atoms with E-state index in [1.165, 1.54) is 12.5 Å². The Kier molecular flexibility index (Phi) is 11.2. The fourth-order valence-electron chi connectivity index (χ4n) is 4.31. The van der Waals surface area contributed by atoms with E-state index in [1.807, 2.05) is 0 Å². The molecule has 0 aliphatic rings. The van der Waals surface area contributed by atoms with Crippen LogP contribution < -0.4 is 16.0 Å². The van der Waals surface area contributed by atoms with E-state index in [1.54, 1.807) is 12.1 Å². The monoisotopic (exact) mass is 555 g/mol. The number of halogens is 2. The molecule has 0 aliphatic heterocycles. The summed E-state index contributed by atoms with van der Waals surface area (Å²) in [5.74, 6) is -1.10. The average Bonchev–Trinajstić information content (AvgIpc) is 3.46. The molecule has 0 radical (unpaired) electrons. The topological polar surface area (TPSA) is 154 Å². The van der Waals surface area contributed by atoms with Gasteiger partial charge < -0.3 is 25.5 Å². The van der Waals surface area contributed by atoms with E-state index in [4.69, 9.17) is 15.6 Å². The second-order valence-corrected chi connectivity index (χ2v) is 9.34. The molecule has 2 heterocycles. The molecule has 0 spiro atoms. The first kappa shape index (κ1) is 30.4. The summed E-state index contributed by atoms with van der Waals surface area (Å²) in [6, 6.07) is 5.33.